The lowest BCUT2D eigenvalue weighted by atomic mass is 10.1. The van der Waals surface area contributed by atoms with E-state index in [2.05, 4.69) is 0 Å². The highest BCUT2D eigenvalue weighted by atomic mass is 35.5. The Morgan fingerprint density at radius 3 is 1.75 bits per heavy atom. The van der Waals surface area contributed by atoms with Gasteiger partial charge >= 0.3 is 0 Å². The van der Waals surface area contributed by atoms with Crippen LogP contribution in [0.4, 0.5) is 0 Å². The van der Waals surface area contributed by atoms with E-state index in [9.17, 15) is 16.8 Å². The van der Waals surface area contributed by atoms with Gasteiger partial charge in [-0.2, -0.15) is 16.8 Å². The average molecular weight is 290 g/mol. The molecule has 0 aromatic carbocycles. The van der Waals surface area contributed by atoms with Crippen molar-refractivity contribution < 1.29 is 25.9 Å². The SMILES string of the molecule is NC1(S(=O)(=O)O)C=CC=CC1(Cl)S(=O)(=O)O. The second-order valence-corrected chi connectivity index (χ2v) is 7.15. The van der Waals surface area contributed by atoms with Crippen LogP contribution >= 0.6 is 11.6 Å². The second kappa shape index (κ2) is 3.52. The third kappa shape index (κ3) is 1.69. The van der Waals surface area contributed by atoms with Crippen molar-refractivity contribution in [1.82, 2.24) is 0 Å². The lowest BCUT2D eigenvalue weighted by molar-refractivity contribution is 0.418. The van der Waals surface area contributed by atoms with E-state index >= 15 is 0 Å². The molecule has 2 unspecified atom stereocenters. The molecule has 0 amide bonds. The van der Waals surface area contributed by atoms with Gasteiger partial charge in [0.25, 0.3) is 20.2 Å². The monoisotopic (exact) mass is 289 g/mol. The van der Waals surface area contributed by atoms with Gasteiger partial charge in [-0.25, -0.2) is 0 Å². The fourth-order valence-electron chi connectivity index (χ4n) is 1.17. The van der Waals surface area contributed by atoms with Crippen molar-refractivity contribution in [2.75, 3.05) is 0 Å². The molecule has 92 valence electrons. The van der Waals surface area contributed by atoms with Crippen LogP contribution in [0.25, 0.3) is 0 Å². The van der Waals surface area contributed by atoms with Crippen molar-refractivity contribution in [3.05, 3.63) is 24.3 Å². The topological polar surface area (TPSA) is 135 Å². The van der Waals surface area contributed by atoms with Crippen molar-refractivity contribution in [2.24, 2.45) is 5.73 Å². The highest BCUT2D eigenvalue weighted by Gasteiger charge is 2.62. The zero-order chi connectivity index (χ0) is 12.8. The number of allylic oxidation sites excluding steroid dienone is 2. The van der Waals surface area contributed by atoms with Gasteiger partial charge < -0.3 is 5.73 Å². The Hall–Kier alpha value is -0.450. The van der Waals surface area contributed by atoms with Gasteiger partial charge in [-0.3, -0.25) is 9.11 Å². The highest BCUT2D eigenvalue weighted by Crippen LogP contribution is 2.40. The summed E-state index contributed by atoms with van der Waals surface area (Å²) in [5.74, 6) is 0. The second-order valence-electron chi connectivity index (χ2n) is 3.11. The largest absolute Gasteiger partial charge is 0.305 e. The standard InChI is InChI=1S/C6H8ClNO6S2/c7-5(15(9,10)11)3-1-2-4-6(5,8)16(12,13)14/h1-4H,8H2,(H,9,10,11)(H,12,13,14). The quantitative estimate of drug-likeness (QED) is 0.459. The molecule has 0 bridgehead atoms. The molecular formula is C6H8ClNO6S2. The summed E-state index contributed by atoms with van der Waals surface area (Å²) in [6.45, 7) is 0. The van der Waals surface area contributed by atoms with Crippen molar-refractivity contribution in [3.8, 4) is 0 Å². The first-order valence-corrected chi connectivity index (χ1v) is 7.00. The minimum absolute atomic E-state index is 0.664. The van der Waals surface area contributed by atoms with Crippen molar-refractivity contribution in [3.63, 3.8) is 0 Å². The summed E-state index contributed by atoms with van der Waals surface area (Å²) in [4.78, 5) is -2.86. The number of halogens is 1. The van der Waals surface area contributed by atoms with E-state index in [-0.39, 0.29) is 0 Å². The van der Waals surface area contributed by atoms with Gasteiger partial charge in [-0.05, 0) is 12.2 Å². The number of rotatable bonds is 2. The lowest BCUT2D eigenvalue weighted by Crippen LogP contribution is -2.64. The van der Waals surface area contributed by atoms with Crippen molar-refractivity contribution >= 4 is 31.8 Å². The predicted octanol–water partition coefficient (Wildman–Crippen LogP) is -0.522. The fraction of sp³-hybridized carbons (Fsp3) is 0.333. The minimum atomic E-state index is -5.05. The van der Waals surface area contributed by atoms with Gasteiger partial charge in [0.1, 0.15) is 0 Å². The van der Waals surface area contributed by atoms with Gasteiger partial charge in [-0.15, -0.1) is 0 Å². The minimum Gasteiger partial charge on any atom is -0.305 e. The van der Waals surface area contributed by atoms with E-state index in [0.717, 1.165) is 12.2 Å². The molecule has 0 heterocycles. The van der Waals surface area contributed by atoms with E-state index in [4.69, 9.17) is 26.4 Å². The Bertz CT molecular complexity index is 512. The molecule has 16 heavy (non-hydrogen) atoms. The molecule has 0 spiro atoms. The molecule has 4 N–H and O–H groups in total. The molecule has 0 saturated heterocycles. The molecule has 1 aliphatic carbocycles. The van der Waals surface area contributed by atoms with E-state index in [1.807, 2.05) is 0 Å². The van der Waals surface area contributed by atoms with E-state index in [1.165, 1.54) is 0 Å². The van der Waals surface area contributed by atoms with Gasteiger partial charge in [0, 0.05) is 0 Å². The molecule has 0 saturated carbocycles. The molecule has 0 aromatic rings. The molecule has 0 fully saturated rings. The van der Waals surface area contributed by atoms with E-state index in [0.29, 0.717) is 12.2 Å². The Morgan fingerprint density at radius 2 is 1.44 bits per heavy atom. The van der Waals surface area contributed by atoms with Gasteiger partial charge in [0.2, 0.25) is 9.08 Å². The molecular weight excluding hydrogens is 282 g/mol. The first-order chi connectivity index (χ1) is 6.96. The lowest BCUT2D eigenvalue weighted by Gasteiger charge is -2.36. The first kappa shape index (κ1) is 13.6. The van der Waals surface area contributed by atoms with E-state index in [1.54, 1.807) is 0 Å². The van der Waals surface area contributed by atoms with Crippen LogP contribution in [-0.4, -0.2) is 35.0 Å². The number of alkyl halides is 1. The summed E-state index contributed by atoms with van der Waals surface area (Å²) >= 11 is 5.50. The number of hydrogen-bond donors (Lipinski definition) is 3. The van der Waals surface area contributed by atoms with E-state index < -0.39 is 29.3 Å². The smallest absolute Gasteiger partial charge is 0.292 e. The normalized spacial score (nSPS) is 35.2. The zero-order valence-corrected chi connectivity index (χ0v) is 10.00. The average Bonchev–Trinajstić information content (AvgIpc) is 2.06. The van der Waals surface area contributed by atoms with Gasteiger partial charge in [0.15, 0.2) is 0 Å². The first-order valence-electron chi connectivity index (χ1n) is 3.75. The summed E-state index contributed by atoms with van der Waals surface area (Å²) in [6, 6.07) is 0. The molecule has 0 aromatic heterocycles. The third-order valence-electron chi connectivity index (χ3n) is 2.10. The van der Waals surface area contributed by atoms with Gasteiger partial charge in [0.05, 0.1) is 0 Å². The predicted molar refractivity (Wildman–Crippen MR) is 56.9 cm³/mol. The summed E-state index contributed by atoms with van der Waals surface area (Å²) in [7, 11) is -10.1. The highest BCUT2D eigenvalue weighted by molar-refractivity contribution is 7.93. The summed E-state index contributed by atoms with van der Waals surface area (Å²) < 4.78 is 59.1. The Morgan fingerprint density at radius 1 is 1.00 bits per heavy atom. The molecule has 2 atom stereocenters. The maximum Gasteiger partial charge on any atom is 0.292 e. The molecule has 1 aliphatic rings. The van der Waals surface area contributed by atoms with Crippen LogP contribution in [0.2, 0.25) is 0 Å². The van der Waals surface area contributed by atoms with Crippen LogP contribution in [0.1, 0.15) is 0 Å². The third-order valence-corrected chi connectivity index (χ3v) is 5.90. The number of hydrogen-bond acceptors (Lipinski definition) is 5. The number of nitrogens with two attached hydrogens (primary N) is 1. The van der Waals surface area contributed by atoms with Gasteiger partial charge in [-0.1, -0.05) is 23.8 Å². The maximum atomic E-state index is 11.1. The van der Waals surface area contributed by atoms with Crippen LogP contribution in [0.3, 0.4) is 0 Å². The molecule has 7 nitrogen and oxygen atoms in total. The summed E-state index contributed by atoms with van der Waals surface area (Å²) in [6.07, 6.45) is 3.50. The molecule has 0 aliphatic heterocycles. The zero-order valence-electron chi connectivity index (χ0n) is 7.61. The van der Waals surface area contributed by atoms with Crippen LogP contribution in [-0.2, 0) is 20.2 Å². The molecule has 1 rings (SSSR count). The fourth-order valence-corrected chi connectivity index (χ4v) is 3.62. The van der Waals surface area contributed by atoms with Crippen LogP contribution in [0.5, 0.6) is 0 Å². The van der Waals surface area contributed by atoms with Crippen molar-refractivity contribution in [2.45, 2.75) is 9.08 Å². The Labute approximate surface area is 97.1 Å². The van der Waals surface area contributed by atoms with Crippen LogP contribution in [0, 0.1) is 0 Å². The molecule has 0 radical (unpaired) electrons. The summed E-state index contributed by atoms with van der Waals surface area (Å²) in [5, 5.41) is 0. The molecule has 10 heteroatoms. The van der Waals surface area contributed by atoms with Crippen LogP contribution in [0.15, 0.2) is 24.3 Å². The Kier molecular flexibility index (Phi) is 2.99. The maximum absolute atomic E-state index is 11.1. The Balaban J connectivity index is 3.64. The van der Waals surface area contributed by atoms with Crippen LogP contribution < -0.4 is 5.73 Å². The summed E-state index contributed by atoms with van der Waals surface area (Å²) in [5.41, 5.74) is 5.25. The van der Waals surface area contributed by atoms with Crippen molar-refractivity contribution in [1.29, 1.82) is 0 Å².